The summed E-state index contributed by atoms with van der Waals surface area (Å²) in [5.41, 5.74) is -0.452. The Morgan fingerprint density at radius 3 is 2.61 bits per heavy atom. The van der Waals surface area contributed by atoms with E-state index in [1.165, 1.54) is 31.5 Å². The van der Waals surface area contributed by atoms with Crippen molar-refractivity contribution in [2.24, 2.45) is 0 Å². The van der Waals surface area contributed by atoms with Gasteiger partial charge in [0.1, 0.15) is 5.75 Å². The van der Waals surface area contributed by atoms with Crippen molar-refractivity contribution < 1.29 is 13.2 Å². The maximum Gasteiger partial charge on any atom is 0.336 e. The predicted octanol–water partition coefficient (Wildman–Crippen LogP) is -0.210. The zero-order chi connectivity index (χ0) is 16.8. The Balaban J connectivity index is 2.24. The van der Waals surface area contributed by atoms with Gasteiger partial charge in [0.05, 0.1) is 17.7 Å². The topological polar surface area (TPSA) is 126 Å². The molecule has 23 heavy (non-hydrogen) atoms. The predicted molar refractivity (Wildman–Crippen MR) is 81.5 cm³/mol. The number of benzene rings is 1. The van der Waals surface area contributed by atoms with E-state index in [0.717, 1.165) is 10.7 Å². The number of methoxy groups -OCH3 is 1. The molecule has 0 atom stereocenters. The van der Waals surface area contributed by atoms with Gasteiger partial charge in [0, 0.05) is 18.0 Å². The molecule has 0 fully saturated rings. The molecule has 0 unspecified atom stereocenters. The Labute approximate surface area is 129 Å². The summed E-state index contributed by atoms with van der Waals surface area (Å²) in [6.07, 6.45) is 2.51. The molecule has 0 saturated heterocycles. The number of fused-ring (bicyclic) bond motifs is 1. The van der Waals surface area contributed by atoms with E-state index in [2.05, 4.69) is 15.0 Å². The van der Waals surface area contributed by atoms with Gasteiger partial charge in [-0.05, 0) is 18.2 Å². The highest BCUT2D eigenvalue weighted by Gasteiger charge is 2.15. The lowest BCUT2D eigenvalue weighted by atomic mass is 10.1. The van der Waals surface area contributed by atoms with Crippen molar-refractivity contribution in [1.29, 1.82) is 0 Å². The first kappa shape index (κ1) is 15.0. The highest BCUT2D eigenvalue weighted by molar-refractivity contribution is 7.90. The van der Waals surface area contributed by atoms with Crippen LogP contribution in [0.4, 0.5) is 0 Å². The lowest BCUT2D eigenvalue weighted by Crippen LogP contribution is -2.27. The van der Waals surface area contributed by atoms with Crippen LogP contribution >= 0.6 is 0 Å². The Morgan fingerprint density at radius 2 is 1.96 bits per heavy atom. The second-order valence-corrected chi connectivity index (χ2v) is 6.85. The highest BCUT2D eigenvalue weighted by atomic mass is 32.2. The van der Waals surface area contributed by atoms with Gasteiger partial charge in [0.25, 0.3) is 0 Å². The number of rotatable bonds is 3. The molecular formula is C13H12N4O5S. The first-order chi connectivity index (χ1) is 10.8. The Kier molecular flexibility index (Phi) is 3.33. The minimum absolute atomic E-state index is 0.0722. The van der Waals surface area contributed by atoms with E-state index in [1.54, 1.807) is 0 Å². The summed E-state index contributed by atoms with van der Waals surface area (Å²) in [4.78, 5) is 31.7. The van der Waals surface area contributed by atoms with Gasteiger partial charge in [-0.1, -0.05) is 0 Å². The van der Waals surface area contributed by atoms with Crippen molar-refractivity contribution >= 4 is 15.6 Å². The normalized spacial score (nSPS) is 11.7. The lowest BCUT2D eigenvalue weighted by Gasteiger charge is -2.08. The van der Waals surface area contributed by atoms with Crippen LogP contribution in [-0.4, -0.2) is 41.1 Å². The van der Waals surface area contributed by atoms with Gasteiger partial charge in [0.15, 0.2) is 9.84 Å². The van der Waals surface area contributed by atoms with Gasteiger partial charge in [-0.15, -0.1) is 0 Å². The van der Waals surface area contributed by atoms with Crippen molar-refractivity contribution in [3.05, 3.63) is 45.4 Å². The molecule has 10 heteroatoms. The molecule has 0 aliphatic rings. The largest absolute Gasteiger partial charge is 0.496 e. The van der Waals surface area contributed by atoms with E-state index in [-0.39, 0.29) is 16.4 Å². The standard InChI is InChI=1S/C13H12N4O5S/c1-22-10-5-7(23(2,20)21)3-4-8(10)9-6-17-11(14-9)15-12(18)16-13(17)19/h3-6H,1-2H3,(H2,14,15,16,18,19). The molecule has 0 amide bonds. The monoisotopic (exact) mass is 336 g/mol. The van der Waals surface area contributed by atoms with Crippen molar-refractivity contribution in [2.75, 3.05) is 13.4 Å². The molecule has 0 spiro atoms. The van der Waals surface area contributed by atoms with Crippen molar-refractivity contribution in [2.45, 2.75) is 4.90 Å². The first-order valence-corrected chi connectivity index (χ1v) is 8.29. The zero-order valence-electron chi connectivity index (χ0n) is 12.2. The maximum atomic E-state index is 11.7. The minimum atomic E-state index is -3.38. The van der Waals surface area contributed by atoms with Gasteiger partial charge in [-0.2, -0.15) is 0 Å². The molecule has 2 aromatic heterocycles. The Bertz CT molecular complexity index is 1120. The molecule has 1 aromatic carbocycles. The summed E-state index contributed by atoms with van der Waals surface area (Å²) in [6.45, 7) is 0. The molecule has 120 valence electrons. The molecule has 0 bridgehead atoms. The van der Waals surface area contributed by atoms with Crippen LogP contribution in [0.3, 0.4) is 0 Å². The number of H-pyrrole nitrogens is 2. The second-order valence-electron chi connectivity index (χ2n) is 4.84. The number of hydrogen-bond donors (Lipinski definition) is 2. The number of ether oxygens (including phenoxy) is 1. The highest BCUT2D eigenvalue weighted by Crippen LogP contribution is 2.31. The van der Waals surface area contributed by atoms with Crippen LogP contribution in [0.1, 0.15) is 0 Å². The van der Waals surface area contributed by atoms with Gasteiger partial charge in [0.2, 0.25) is 5.78 Å². The summed E-state index contributed by atoms with van der Waals surface area (Å²) in [5, 5.41) is 0. The van der Waals surface area contributed by atoms with E-state index in [9.17, 15) is 18.0 Å². The molecule has 0 saturated carbocycles. The van der Waals surface area contributed by atoms with Crippen LogP contribution in [0, 0.1) is 0 Å². The quantitative estimate of drug-likeness (QED) is 0.681. The number of hydrogen-bond acceptors (Lipinski definition) is 6. The summed E-state index contributed by atoms with van der Waals surface area (Å²) in [6, 6.07) is 4.33. The van der Waals surface area contributed by atoms with Crippen molar-refractivity contribution in [3.63, 3.8) is 0 Å². The lowest BCUT2D eigenvalue weighted by molar-refractivity contribution is 0.415. The van der Waals surface area contributed by atoms with Crippen molar-refractivity contribution in [1.82, 2.24) is 19.4 Å². The number of imidazole rings is 1. The Morgan fingerprint density at radius 1 is 1.22 bits per heavy atom. The Hall–Kier alpha value is -2.88. The van der Waals surface area contributed by atoms with E-state index < -0.39 is 21.2 Å². The van der Waals surface area contributed by atoms with Crippen LogP contribution in [0.2, 0.25) is 0 Å². The average molecular weight is 336 g/mol. The fraction of sp³-hybridized carbons (Fsp3) is 0.154. The van der Waals surface area contributed by atoms with Crippen molar-refractivity contribution in [3.8, 4) is 17.0 Å². The fourth-order valence-corrected chi connectivity index (χ4v) is 2.79. The van der Waals surface area contributed by atoms with E-state index in [1.807, 2.05) is 0 Å². The number of aromatic amines is 2. The molecule has 0 aliphatic carbocycles. The molecule has 2 heterocycles. The van der Waals surface area contributed by atoms with E-state index in [0.29, 0.717) is 11.3 Å². The fourth-order valence-electron chi connectivity index (χ4n) is 2.16. The number of nitrogens with one attached hydrogen (secondary N) is 2. The van der Waals surface area contributed by atoms with Crippen LogP contribution in [0.5, 0.6) is 5.75 Å². The zero-order valence-corrected chi connectivity index (χ0v) is 13.0. The van der Waals surface area contributed by atoms with Gasteiger partial charge < -0.3 is 4.74 Å². The number of aromatic nitrogens is 4. The SMILES string of the molecule is COc1cc(S(C)(=O)=O)ccc1-c1cn2c(=O)[nH]c(=O)[nH]c2n1. The number of nitrogens with zero attached hydrogens (tertiary/aromatic N) is 2. The van der Waals surface area contributed by atoms with Crippen LogP contribution in [0.15, 0.2) is 38.9 Å². The third kappa shape index (κ3) is 2.63. The van der Waals surface area contributed by atoms with Gasteiger partial charge in [-0.3, -0.25) is 9.97 Å². The molecule has 3 aromatic rings. The molecule has 0 aliphatic heterocycles. The van der Waals surface area contributed by atoms with E-state index >= 15 is 0 Å². The summed E-state index contributed by atoms with van der Waals surface area (Å²) in [5.74, 6) is 0.359. The third-order valence-electron chi connectivity index (χ3n) is 3.25. The van der Waals surface area contributed by atoms with Crippen LogP contribution < -0.4 is 16.1 Å². The average Bonchev–Trinajstić information content (AvgIpc) is 2.89. The second kappa shape index (κ2) is 5.09. The molecule has 3 rings (SSSR count). The van der Waals surface area contributed by atoms with Crippen LogP contribution in [0.25, 0.3) is 17.0 Å². The van der Waals surface area contributed by atoms with E-state index in [4.69, 9.17) is 4.74 Å². The smallest absolute Gasteiger partial charge is 0.336 e. The number of sulfone groups is 1. The molecular weight excluding hydrogens is 324 g/mol. The first-order valence-electron chi connectivity index (χ1n) is 6.40. The maximum absolute atomic E-state index is 11.7. The van der Waals surface area contributed by atoms with Gasteiger partial charge >= 0.3 is 11.4 Å². The summed E-state index contributed by atoms with van der Waals surface area (Å²) in [7, 11) is -1.98. The van der Waals surface area contributed by atoms with Crippen LogP contribution in [-0.2, 0) is 9.84 Å². The summed E-state index contributed by atoms with van der Waals surface area (Å²) >= 11 is 0. The molecule has 9 nitrogen and oxygen atoms in total. The minimum Gasteiger partial charge on any atom is -0.496 e. The molecule has 0 radical (unpaired) electrons. The summed E-state index contributed by atoms with van der Waals surface area (Å²) < 4.78 is 29.6. The third-order valence-corrected chi connectivity index (χ3v) is 4.36. The van der Waals surface area contributed by atoms with Gasteiger partial charge in [-0.25, -0.2) is 27.4 Å². The molecule has 2 N–H and O–H groups in total.